The number of aromatic amines is 1. The van der Waals surface area contributed by atoms with Crippen LogP contribution in [0.15, 0.2) is 41.0 Å². The van der Waals surface area contributed by atoms with Crippen molar-refractivity contribution in [1.29, 1.82) is 0 Å². The van der Waals surface area contributed by atoms with Gasteiger partial charge in [-0.15, -0.1) is 0 Å². The van der Waals surface area contributed by atoms with Crippen molar-refractivity contribution in [3.05, 3.63) is 53.6 Å². The Balaban J connectivity index is 1.51. The minimum Gasteiger partial charge on any atom is -0.340 e. The number of fused-ring (bicyclic) bond motifs is 2. The van der Waals surface area contributed by atoms with Crippen LogP contribution in [0.4, 0.5) is 4.39 Å². The second-order valence-electron chi connectivity index (χ2n) is 6.76. The molecule has 0 bridgehead atoms. The van der Waals surface area contributed by atoms with Crippen LogP contribution in [0.25, 0.3) is 22.1 Å². The van der Waals surface area contributed by atoms with E-state index in [4.69, 9.17) is 4.63 Å². The number of H-pyrrole nitrogens is 1. The van der Waals surface area contributed by atoms with Gasteiger partial charge in [0.1, 0.15) is 22.7 Å². The second-order valence-corrected chi connectivity index (χ2v) is 6.76. The van der Waals surface area contributed by atoms with Crippen LogP contribution in [0.1, 0.15) is 41.5 Å². The summed E-state index contributed by atoms with van der Waals surface area (Å²) in [5.74, 6) is 0.285. The van der Waals surface area contributed by atoms with Gasteiger partial charge in [0.05, 0.1) is 17.1 Å². The average Bonchev–Trinajstić information content (AvgIpc) is 3.33. The Morgan fingerprint density at radius 2 is 1.96 bits per heavy atom. The van der Waals surface area contributed by atoms with Gasteiger partial charge in [0, 0.05) is 12.1 Å². The summed E-state index contributed by atoms with van der Waals surface area (Å²) in [4.78, 5) is 22.8. The lowest BCUT2D eigenvalue weighted by atomic mass is 10.00. The number of likely N-dealkylation sites (tertiary alicyclic amines) is 1. The van der Waals surface area contributed by atoms with Crippen LogP contribution in [0.2, 0.25) is 0 Å². The number of imidazole rings is 1. The Labute approximate surface area is 153 Å². The molecule has 0 radical (unpaired) electrons. The van der Waals surface area contributed by atoms with Crippen molar-refractivity contribution in [2.24, 2.45) is 0 Å². The van der Waals surface area contributed by atoms with E-state index in [9.17, 15) is 9.18 Å². The Morgan fingerprint density at radius 3 is 2.89 bits per heavy atom. The third-order valence-corrected chi connectivity index (χ3v) is 5.04. The highest BCUT2D eigenvalue weighted by atomic mass is 19.1. The summed E-state index contributed by atoms with van der Waals surface area (Å²) in [6, 6.07) is 9.42. The third-order valence-electron chi connectivity index (χ3n) is 5.04. The molecule has 2 aromatic heterocycles. The summed E-state index contributed by atoms with van der Waals surface area (Å²) in [5.41, 5.74) is 3.03. The predicted octanol–water partition coefficient (Wildman–Crippen LogP) is 3.61. The highest BCUT2D eigenvalue weighted by molar-refractivity contribution is 5.97. The monoisotopic (exact) mass is 365 g/mol. The van der Waals surface area contributed by atoms with Crippen molar-refractivity contribution in [2.45, 2.75) is 25.3 Å². The number of benzene rings is 2. The van der Waals surface area contributed by atoms with Crippen molar-refractivity contribution in [3.63, 3.8) is 0 Å². The fraction of sp³-hybridized carbons (Fsp3) is 0.263. The number of carbonyl (C=O) groups is 1. The maximum absolute atomic E-state index is 13.5. The molecule has 0 saturated carbocycles. The van der Waals surface area contributed by atoms with Crippen LogP contribution < -0.4 is 0 Å². The number of hydrogen-bond donors (Lipinski definition) is 1. The van der Waals surface area contributed by atoms with Crippen molar-refractivity contribution in [1.82, 2.24) is 25.2 Å². The van der Waals surface area contributed by atoms with E-state index in [-0.39, 0.29) is 17.8 Å². The molecule has 1 amide bonds. The standard InChI is InChI=1S/C19H16FN5O2/c20-12-5-7-13-15(10-12)22-18(21-13)17-3-1-2-8-25(17)19(26)11-4-6-14-16(9-11)24-27-23-14/h4-7,9-10,17H,1-3,8H2,(H,21,22). The van der Waals surface area contributed by atoms with E-state index in [1.165, 1.54) is 12.1 Å². The van der Waals surface area contributed by atoms with Gasteiger partial charge in [-0.3, -0.25) is 4.79 Å². The molecule has 1 aliphatic heterocycles. The van der Waals surface area contributed by atoms with Crippen molar-refractivity contribution < 1.29 is 13.8 Å². The van der Waals surface area contributed by atoms with Crippen LogP contribution in [0.5, 0.6) is 0 Å². The van der Waals surface area contributed by atoms with Crippen LogP contribution in [0.3, 0.4) is 0 Å². The molecule has 136 valence electrons. The minimum absolute atomic E-state index is 0.0868. The zero-order valence-corrected chi connectivity index (χ0v) is 14.4. The highest BCUT2D eigenvalue weighted by Crippen LogP contribution is 2.32. The Hall–Kier alpha value is -3.29. The summed E-state index contributed by atoms with van der Waals surface area (Å²) in [6.45, 7) is 0.643. The van der Waals surface area contributed by atoms with Gasteiger partial charge in [-0.05, 0) is 66.0 Å². The van der Waals surface area contributed by atoms with Gasteiger partial charge in [-0.2, -0.15) is 0 Å². The minimum atomic E-state index is -0.316. The van der Waals surface area contributed by atoms with E-state index < -0.39 is 0 Å². The lowest BCUT2D eigenvalue weighted by molar-refractivity contribution is 0.0601. The number of hydrogen-bond acceptors (Lipinski definition) is 5. The van der Waals surface area contributed by atoms with E-state index in [0.717, 1.165) is 19.3 Å². The lowest BCUT2D eigenvalue weighted by Crippen LogP contribution is -2.39. The fourth-order valence-electron chi connectivity index (χ4n) is 3.70. The van der Waals surface area contributed by atoms with E-state index in [0.29, 0.717) is 40.0 Å². The summed E-state index contributed by atoms with van der Waals surface area (Å²) in [5, 5.41) is 7.58. The topological polar surface area (TPSA) is 87.9 Å². The Kier molecular flexibility index (Phi) is 3.63. The smallest absolute Gasteiger partial charge is 0.254 e. The SMILES string of the molecule is O=C(c1ccc2nonc2c1)N1CCCCC1c1nc2ccc(F)cc2[nH]1. The first-order valence-electron chi connectivity index (χ1n) is 8.87. The summed E-state index contributed by atoms with van der Waals surface area (Å²) < 4.78 is 18.2. The van der Waals surface area contributed by atoms with E-state index >= 15 is 0 Å². The molecular weight excluding hydrogens is 349 g/mol. The van der Waals surface area contributed by atoms with E-state index in [1.807, 2.05) is 4.90 Å². The van der Waals surface area contributed by atoms with Crippen molar-refractivity contribution >= 4 is 28.0 Å². The molecular formula is C19H16FN5O2. The molecule has 3 heterocycles. The Bertz CT molecular complexity index is 1150. The number of piperidine rings is 1. The van der Waals surface area contributed by atoms with Crippen LogP contribution >= 0.6 is 0 Å². The number of rotatable bonds is 2. The summed E-state index contributed by atoms with van der Waals surface area (Å²) in [7, 11) is 0. The van der Waals surface area contributed by atoms with Crippen LogP contribution in [-0.2, 0) is 0 Å². The molecule has 0 spiro atoms. The molecule has 1 unspecified atom stereocenters. The zero-order valence-electron chi connectivity index (χ0n) is 14.4. The average molecular weight is 365 g/mol. The van der Waals surface area contributed by atoms with Gasteiger partial charge in [0.25, 0.3) is 5.91 Å². The number of amides is 1. The van der Waals surface area contributed by atoms with Gasteiger partial charge in [0.15, 0.2) is 0 Å². The number of aromatic nitrogens is 4. The van der Waals surface area contributed by atoms with Crippen molar-refractivity contribution in [2.75, 3.05) is 6.54 Å². The molecule has 1 aliphatic rings. The first kappa shape index (κ1) is 15.9. The largest absolute Gasteiger partial charge is 0.340 e. The van der Waals surface area contributed by atoms with Gasteiger partial charge in [0.2, 0.25) is 0 Å². The third kappa shape index (κ3) is 2.73. The first-order chi connectivity index (χ1) is 13.2. The molecule has 1 saturated heterocycles. The van der Waals surface area contributed by atoms with E-state index in [2.05, 4.69) is 20.3 Å². The van der Waals surface area contributed by atoms with Crippen LogP contribution in [-0.4, -0.2) is 37.6 Å². The first-order valence-corrected chi connectivity index (χ1v) is 8.87. The molecule has 2 aromatic carbocycles. The molecule has 1 N–H and O–H groups in total. The molecule has 27 heavy (non-hydrogen) atoms. The molecule has 4 aromatic rings. The van der Waals surface area contributed by atoms with E-state index in [1.54, 1.807) is 24.3 Å². The van der Waals surface area contributed by atoms with Crippen molar-refractivity contribution in [3.8, 4) is 0 Å². The molecule has 1 atom stereocenters. The van der Waals surface area contributed by atoms with Gasteiger partial charge in [-0.25, -0.2) is 14.0 Å². The molecule has 1 fully saturated rings. The number of carbonyl (C=O) groups excluding carboxylic acids is 1. The predicted molar refractivity (Wildman–Crippen MR) is 95.5 cm³/mol. The van der Waals surface area contributed by atoms with Crippen LogP contribution in [0, 0.1) is 5.82 Å². The molecule has 0 aliphatic carbocycles. The Morgan fingerprint density at radius 1 is 1.11 bits per heavy atom. The molecule has 8 heteroatoms. The normalized spacial score (nSPS) is 17.7. The number of halogens is 1. The van der Waals surface area contributed by atoms with Gasteiger partial charge < -0.3 is 9.88 Å². The lowest BCUT2D eigenvalue weighted by Gasteiger charge is -2.34. The van der Waals surface area contributed by atoms with Gasteiger partial charge >= 0.3 is 0 Å². The summed E-state index contributed by atoms with van der Waals surface area (Å²) >= 11 is 0. The maximum Gasteiger partial charge on any atom is 0.254 e. The van der Waals surface area contributed by atoms with Gasteiger partial charge in [-0.1, -0.05) is 0 Å². The molecule has 7 nitrogen and oxygen atoms in total. The number of nitrogens with one attached hydrogen (secondary N) is 1. The second kappa shape index (κ2) is 6.15. The quantitative estimate of drug-likeness (QED) is 0.586. The molecule has 5 rings (SSSR count). The summed E-state index contributed by atoms with van der Waals surface area (Å²) in [6.07, 6.45) is 2.75. The number of nitrogens with zero attached hydrogens (tertiary/aromatic N) is 4. The zero-order chi connectivity index (χ0) is 18.4. The highest BCUT2D eigenvalue weighted by Gasteiger charge is 2.31. The fourth-order valence-corrected chi connectivity index (χ4v) is 3.70. The maximum atomic E-state index is 13.5.